The van der Waals surface area contributed by atoms with Crippen molar-refractivity contribution in [3.63, 3.8) is 0 Å². The summed E-state index contributed by atoms with van der Waals surface area (Å²) in [6, 6.07) is 6.56. The molecule has 1 aromatic heterocycles. The largest absolute Gasteiger partial charge is 0.390 e. The smallest absolute Gasteiger partial charge is 0.277 e. The van der Waals surface area contributed by atoms with E-state index in [2.05, 4.69) is 10.00 Å². The number of ether oxygens (including phenoxy) is 1. The quantitative estimate of drug-likeness (QED) is 0.630. The number of para-hydroxylation sites is 1. The summed E-state index contributed by atoms with van der Waals surface area (Å²) in [7, 11) is 0. The lowest BCUT2D eigenvalue weighted by Crippen LogP contribution is -2.42. The summed E-state index contributed by atoms with van der Waals surface area (Å²) in [6.07, 6.45) is 2.76. The van der Waals surface area contributed by atoms with Gasteiger partial charge in [0.25, 0.3) is 5.69 Å². The molecular weight excluding hydrogens is 312 g/mol. The van der Waals surface area contributed by atoms with Crippen LogP contribution in [0, 0.1) is 10.1 Å². The molecule has 1 saturated heterocycles. The number of β-amino-alcohol motifs (C(OH)–C–C–N with tert-alkyl or cyclic N) is 1. The van der Waals surface area contributed by atoms with Gasteiger partial charge in [-0.2, -0.15) is 5.10 Å². The first kappa shape index (κ1) is 16.6. The van der Waals surface area contributed by atoms with E-state index >= 15 is 0 Å². The van der Waals surface area contributed by atoms with Crippen molar-refractivity contribution in [3.05, 3.63) is 46.8 Å². The van der Waals surface area contributed by atoms with Gasteiger partial charge in [-0.3, -0.25) is 19.7 Å². The van der Waals surface area contributed by atoms with Gasteiger partial charge in [0.05, 0.1) is 42.5 Å². The van der Waals surface area contributed by atoms with E-state index in [0.717, 1.165) is 13.1 Å². The van der Waals surface area contributed by atoms with Crippen molar-refractivity contribution in [1.29, 1.82) is 0 Å². The molecule has 8 nitrogen and oxygen atoms in total. The average Bonchev–Trinajstić information content (AvgIpc) is 3.04. The number of aliphatic hydroxyl groups is 1. The van der Waals surface area contributed by atoms with Crippen LogP contribution in [0.1, 0.15) is 0 Å². The number of hydrogen-bond donors (Lipinski definition) is 1. The van der Waals surface area contributed by atoms with Gasteiger partial charge in [-0.15, -0.1) is 0 Å². The van der Waals surface area contributed by atoms with Gasteiger partial charge in [-0.05, 0) is 6.07 Å². The highest BCUT2D eigenvalue weighted by molar-refractivity contribution is 5.72. The summed E-state index contributed by atoms with van der Waals surface area (Å²) < 4.78 is 6.91. The molecule has 1 aliphatic rings. The predicted molar refractivity (Wildman–Crippen MR) is 87.6 cm³/mol. The Morgan fingerprint density at radius 3 is 2.79 bits per heavy atom. The maximum Gasteiger partial charge on any atom is 0.277 e. The van der Waals surface area contributed by atoms with E-state index in [1.807, 2.05) is 0 Å². The van der Waals surface area contributed by atoms with Crippen molar-refractivity contribution < 1.29 is 14.8 Å². The zero-order valence-electron chi connectivity index (χ0n) is 13.2. The molecule has 2 aromatic rings. The number of nitro groups is 1. The Hall–Kier alpha value is -2.29. The number of hydrogen-bond acceptors (Lipinski definition) is 6. The highest BCUT2D eigenvalue weighted by Gasteiger charge is 2.18. The third-order valence-corrected chi connectivity index (χ3v) is 4.02. The van der Waals surface area contributed by atoms with Gasteiger partial charge in [0, 0.05) is 37.5 Å². The normalized spacial score (nSPS) is 16.9. The van der Waals surface area contributed by atoms with Crippen LogP contribution in [0.25, 0.3) is 11.1 Å². The van der Waals surface area contributed by atoms with Gasteiger partial charge in [0.2, 0.25) is 0 Å². The summed E-state index contributed by atoms with van der Waals surface area (Å²) in [5.41, 5.74) is 1.24. The van der Waals surface area contributed by atoms with Crippen LogP contribution in [0.15, 0.2) is 36.7 Å². The molecular formula is C16H20N4O4. The summed E-state index contributed by atoms with van der Waals surface area (Å²) in [5, 5.41) is 25.6. The van der Waals surface area contributed by atoms with Gasteiger partial charge in [-0.25, -0.2) is 0 Å². The first-order chi connectivity index (χ1) is 11.6. The summed E-state index contributed by atoms with van der Waals surface area (Å²) in [5.74, 6) is 0. The molecule has 0 bridgehead atoms. The van der Waals surface area contributed by atoms with Crippen LogP contribution in [-0.4, -0.2) is 63.7 Å². The topological polar surface area (TPSA) is 93.7 Å². The first-order valence-corrected chi connectivity index (χ1v) is 7.88. The van der Waals surface area contributed by atoms with Gasteiger partial charge in [0.1, 0.15) is 0 Å². The molecule has 2 heterocycles. The molecule has 1 N–H and O–H groups in total. The fourth-order valence-electron chi connectivity index (χ4n) is 2.83. The van der Waals surface area contributed by atoms with E-state index in [4.69, 9.17) is 4.74 Å². The molecule has 3 rings (SSSR count). The summed E-state index contributed by atoms with van der Waals surface area (Å²) >= 11 is 0. The monoisotopic (exact) mass is 332 g/mol. The lowest BCUT2D eigenvalue weighted by Gasteiger charge is -2.28. The van der Waals surface area contributed by atoms with Gasteiger partial charge in [0.15, 0.2) is 0 Å². The molecule has 0 radical (unpaired) electrons. The van der Waals surface area contributed by atoms with E-state index in [1.165, 1.54) is 6.07 Å². The average molecular weight is 332 g/mol. The van der Waals surface area contributed by atoms with Crippen LogP contribution in [-0.2, 0) is 11.3 Å². The zero-order valence-corrected chi connectivity index (χ0v) is 13.2. The maximum absolute atomic E-state index is 11.1. The minimum Gasteiger partial charge on any atom is -0.390 e. The number of aliphatic hydroxyl groups excluding tert-OH is 1. The van der Waals surface area contributed by atoms with Gasteiger partial charge >= 0.3 is 0 Å². The second-order valence-corrected chi connectivity index (χ2v) is 5.79. The lowest BCUT2D eigenvalue weighted by molar-refractivity contribution is -0.384. The first-order valence-electron chi connectivity index (χ1n) is 7.88. The Bertz CT molecular complexity index is 697. The number of nitrogens with zero attached hydrogens (tertiary/aromatic N) is 4. The lowest BCUT2D eigenvalue weighted by atomic mass is 10.1. The second-order valence-electron chi connectivity index (χ2n) is 5.79. The Morgan fingerprint density at radius 2 is 2.04 bits per heavy atom. The molecule has 1 aliphatic heterocycles. The summed E-state index contributed by atoms with van der Waals surface area (Å²) in [6.45, 7) is 3.92. The molecule has 0 amide bonds. The van der Waals surface area contributed by atoms with Crippen molar-refractivity contribution in [1.82, 2.24) is 14.7 Å². The van der Waals surface area contributed by atoms with Crippen molar-refractivity contribution in [2.24, 2.45) is 0 Å². The van der Waals surface area contributed by atoms with Crippen LogP contribution >= 0.6 is 0 Å². The molecule has 0 aliphatic carbocycles. The Kier molecular flexibility index (Phi) is 5.19. The van der Waals surface area contributed by atoms with Crippen LogP contribution in [0.5, 0.6) is 0 Å². The molecule has 1 aromatic carbocycles. The third kappa shape index (κ3) is 3.97. The highest BCUT2D eigenvalue weighted by atomic mass is 16.6. The Labute approximate surface area is 139 Å². The Morgan fingerprint density at radius 1 is 1.29 bits per heavy atom. The predicted octanol–water partition coefficient (Wildman–Crippen LogP) is 1.15. The van der Waals surface area contributed by atoms with Crippen molar-refractivity contribution in [2.75, 3.05) is 32.8 Å². The summed E-state index contributed by atoms with van der Waals surface area (Å²) in [4.78, 5) is 12.9. The van der Waals surface area contributed by atoms with E-state index in [1.54, 1.807) is 35.3 Å². The minimum atomic E-state index is -0.554. The second kappa shape index (κ2) is 7.52. The van der Waals surface area contributed by atoms with Crippen molar-refractivity contribution in [3.8, 4) is 11.1 Å². The fraction of sp³-hybridized carbons (Fsp3) is 0.438. The fourth-order valence-corrected chi connectivity index (χ4v) is 2.83. The molecule has 0 spiro atoms. The van der Waals surface area contributed by atoms with Crippen molar-refractivity contribution in [2.45, 2.75) is 12.6 Å². The molecule has 0 unspecified atom stereocenters. The Balaban J connectivity index is 1.66. The number of benzene rings is 1. The third-order valence-electron chi connectivity index (χ3n) is 4.02. The number of aromatic nitrogens is 2. The molecule has 8 heteroatoms. The van der Waals surface area contributed by atoms with E-state index in [0.29, 0.717) is 37.4 Å². The van der Waals surface area contributed by atoms with Gasteiger partial charge in [-0.1, -0.05) is 12.1 Å². The minimum absolute atomic E-state index is 0.0471. The molecule has 1 fully saturated rings. The van der Waals surface area contributed by atoms with Crippen LogP contribution in [0.3, 0.4) is 0 Å². The number of morpholine rings is 1. The van der Waals surface area contributed by atoms with Crippen LogP contribution < -0.4 is 0 Å². The molecule has 24 heavy (non-hydrogen) atoms. The van der Waals surface area contributed by atoms with E-state index in [-0.39, 0.29) is 5.69 Å². The molecule has 128 valence electrons. The van der Waals surface area contributed by atoms with Gasteiger partial charge < -0.3 is 9.84 Å². The molecule has 1 atom stereocenters. The van der Waals surface area contributed by atoms with E-state index < -0.39 is 11.0 Å². The number of nitro benzene ring substituents is 1. The van der Waals surface area contributed by atoms with Crippen molar-refractivity contribution >= 4 is 5.69 Å². The maximum atomic E-state index is 11.1. The zero-order chi connectivity index (χ0) is 16.9. The van der Waals surface area contributed by atoms with Crippen LogP contribution in [0.2, 0.25) is 0 Å². The van der Waals surface area contributed by atoms with Crippen LogP contribution in [0.4, 0.5) is 5.69 Å². The molecule has 0 saturated carbocycles. The SMILES string of the molecule is O=[N+]([O-])c1ccccc1-c1cnn(C[C@H](O)CN2CCOCC2)c1. The number of rotatable bonds is 6. The standard InChI is InChI=1S/C16H20N4O4/c21-14(11-18-5-7-24-8-6-18)12-19-10-13(9-17-19)15-3-1-2-4-16(15)20(22)23/h1-4,9-10,14,21H,5-8,11-12H2/t14-/m1/s1. The van der Waals surface area contributed by atoms with E-state index in [9.17, 15) is 15.2 Å². The highest BCUT2D eigenvalue weighted by Crippen LogP contribution is 2.28.